The molecule has 2 heterocycles. The number of nitrogens with zero attached hydrogens (tertiary/aromatic N) is 2. The first-order valence-corrected chi connectivity index (χ1v) is 12.2. The van der Waals surface area contributed by atoms with Gasteiger partial charge in [0.1, 0.15) is 0 Å². The normalized spacial score (nSPS) is 19.7. The highest BCUT2D eigenvalue weighted by molar-refractivity contribution is 7.93. The summed E-state index contributed by atoms with van der Waals surface area (Å²) in [6, 6.07) is 10.1. The van der Waals surface area contributed by atoms with Gasteiger partial charge in [-0.25, -0.2) is 22.0 Å². The van der Waals surface area contributed by atoms with Crippen molar-refractivity contribution >= 4 is 37.3 Å². The van der Waals surface area contributed by atoms with Crippen molar-refractivity contribution < 1.29 is 21.6 Å². The molecular weight excluding hydrogens is 414 g/mol. The SMILES string of the molecule is CC1Cc2cc(S(N)(=O)=O)ccc2N1S(=O)(=O)c1ccc(N2CCCC2=O)cc1. The monoisotopic (exact) mass is 435 g/mol. The van der Waals surface area contributed by atoms with Gasteiger partial charge >= 0.3 is 0 Å². The van der Waals surface area contributed by atoms with Crippen LogP contribution in [0.4, 0.5) is 11.4 Å². The van der Waals surface area contributed by atoms with Gasteiger partial charge < -0.3 is 4.90 Å². The van der Waals surface area contributed by atoms with Crippen molar-refractivity contribution in [3.63, 3.8) is 0 Å². The first kappa shape index (κ1) is 19.9. The molecule has 1 fully saturated rings. The molecule has 1 atom stereocenters. The Hall–Kier alpha value is -2.43. The molecule has 1 amide bonds. The molecule has 2 N–H and O–H groups in total. The summed E-state index contributed by atoms with van der Waals surface area (Å²) >= 11 is 0. The van der Waals surface area contributed by atoms with Gasteiger partial charge in [-0.15, -0.1) is 0 Å². The van der Waals surface area contributed by atoms with Gasteiger partial charge in [-0.3, -0.25) is 9.10 Å². The molecule has 0 saturated carbocycles. The average molecular weight is 436 g/mol. The smallest absolute Gasteiger partial charge is 0.264 e. The van der Waals surface area contributed by atoms with E-state index in [4.69, 9.17) is 5.14 Å². The van der Waals surface area contributed by atoms with Crippen LogP contribution in [0.25, 0.3) is 0 Å². The third-order valence-electron chi connectivity index (χ3n) is 5.31. The van der Waals surface area contributed by atoms with Crippen LogP contribution in [0.3, 0.4) is 0 Å². The highest BCUT2D eigenvalue weighted by Crippen LogP contribution is 2.38. The van der Waals surface area contributed by atoms with Crippen LogP contribution < -0.4 is 14.3 Å². The van der Waals surface area contributed by atoms with Crippen LogP contribution in [0.5, 0.6) is 0 Å². The summed E-state index contributed by atoms with van der Waals surface area (Å²) in [7, 11) is -7.72. The number of carbonyl (C=O) groups is 1. The molecule has 2 aromatic rings. The number of fused-ring (bicyclic) bond motifs is 1. The minimum absolute atomic E-state index is 0.0355. The zero-order chi connectivity index (χ0) is 21.0. The fourth-order valence-electron chi connectivity index (χ4n) is 3.96. The van der Waals surface area contributed by atoms with Crippen molar-refractivity contribution in [1.29, 1.82) is 0 Å². The van der Waals surface area contributed by atoms with Gasteiger partial charge in [0.05, 0.1) is 15.5 Å². The fourth-order valence-corrected chi connectivity index (χ4v) is 6.21. The van der Waals surface area contributed by atoms with Crippen LogP contribution in [0, 0.1) is 0 Å². The predicted octanol–water partition coefficient (Wildman–Crippen LogP) is 1.60. The van der Waals surface area contributed by atoms with Crippen molar-refractivity contribution in [2.45, 2.75) is 42.0 Å². The molecule has 2 aliphatic heterocycles. The third kappa shape index (κ3) is 3.41. The largest absolute Gasteiger partial charge is 0.312 e. The van der Waals surface area contributed by atoms with Gasteiger partial charge in [-0.05, 0) is 67.8 Å². The average Bonchev–Trinajstić information content (AvgIpc) is 3.22. The van der Waals surface area contributed by atoms with E-state index in [0.717, 1.165) is 6.42 Å². The van der Waals surface area contributed by atoms with Gasteiger partial charge in [0.15, 0.2) is 0 Å². The van der Waals surface area contributed by atoms with E-state index in [9.17, 15) is 21.6 Å². The highest BCUT2D eigenvalue weighted by Gasteiger charge is 2.36. The second-order valence-corrected chi connectivity index (χ2v) is 10.7. The van der Waals surface area contributed by atoms with E-state index in [1.54, 1.807) is 24.0 Å². The summed E-state index contributed by atoms with van der Waals surface area (Å²) in [5.74, 6) is 0.0355. The maximum atomic E-state index is 13.3. The number of amides is 1. The Morgan fingerprint density at radius 1 is 1.00 bits per heavy atom. The number of hydrogen-bond donors (Lipinski definition) is 1. The number of sulfonamides is 2. The number of carbonyl (C=O) groups excluding carboxylic acids is 1. The Kier molecular flexibility index (Phi) is 4.67. The summed E-state index contributed by atoms with van der Waals surface area (Å²) in [6.45, 7) is 2.40. The lowest BCUT2D eigenvalue weighted by Crippen LogP contribution is -2.35. The summed E-state index contributed by atoms with van der Waals surface area (Å²) in [6.07, 6.45) is 1.68. The van der Waals surface area contributed by atoms with Crippen LogP contribution in [-0.2, 0) is 31.3 Å². The van der Waals surface area contributed by atoms with Crippen molar-refractivity contribution in [2.75, 3.05) is 15.7 Å². The van der Waals surface area contributed by atoms with Crippen molar-refractivity contribution in [1.82, 2.24) is 0 Å². The quantitative estimate of drug-likeness (QED) is 0.783. The maximum Gasteiger partial charge on any atom is 0.264 e. The summed E-state index contributed by atoms with van der Waals surface area (Å²) < 4.78 is 51.1. The zero-order valence-corrected chi connectivity index (χ0v) is 17.4. The van der Waals surface area contributed by atoms with Crippen molar-refractivity contribution in [2.24, 2.45) is 5.14 Å². The molecule has 154 valence electrons. The molecule has 0 aromatic heterocycles. The van der Waals surface area contributed by atoms with Gasteiger partial charge in [0, 0.05) is 24.7 Å². The van der Waals surface area contributed by atoms with Gasteiger partial charge in [-0.1, -0.05) is 0 Å². The Labute approximate surface area is 170 Å². The standard InChI is InChI=1S/C19H21N3O5S2/c1-13-11-14-12-17(28(20,24)25)8-9-18(14)22(13)29(26,27)16-6-4-15(5-7-16)21-10-2-3-19(21)23/h4-9,12-13H,2-3,10-11H2,1H3,(H2,20,24,25). The second kappa shape index (κ2) is 6.82. The Bertz CT molecular complexity index is 1190. The molecule has 1 saturated heterocycles. The number of rotatable bonds is 4. The van der Waals surface area contributed by atoms with Crippen LogP contribution >= 0.6 is 0 Å². The molecule has 2 aromatic carbocycles. The molecule has 1 unspecified atom stereocenters. The van der Waals surface area contributed by atoms with Gasteiger partial charge in [-0.2, -0.15) is 0 Å². The first-order chi connectivity index (χ1) is 13.6. The first-order valence-electron chi connectivity index (χ1n) is 9.19. The van der Waals surface area contributed by atoms with Crippen LogP contribution in [0.15, 0.2) is 52.3 Å². The van der Waals surface area contributed by atoms with E-state index in [-0.39, 0.29) is 21.7 Å². The molecular formula is C19H21N3O5S2. The van der Waals surface area contributed by atoms with Gasteiger partial charge in [0.2, 0.25) is 15.9 Å². The molecule has 0 spiro atoms. The molecule has 29 heavy (non-hydrogen) atoms. The third-order valence-corrected chi connectivity index (χ3v) is 8.16. The van der Waals surface area contributed by atoms with Crippen LogP contribution in [0.2, 0.25) is 0 Å². The summed E-state index contributed by atoms with van der Waals surface area (Å²) in [4.78, 5) is 13.6. The summed E-state index contributed by atoms with van der Waals surface area (Å²) in [5, 5.41) is 5.19. The lowest BCUT2D eigenvalue weighted by Gasteiger charge is -2.25. The molecule has 4 rings (SSSR count). The lowest BCUT2D eigenvalue weighted by molar-refractivity contribution is -0.117. The van der Waals surface area contributed by atoms with E-state index >= 15 is 0 Å². The lowest BCUT2D eigenvalue weighted by atomic mass is 10.1. The minimum atomic E-state index is -3.86. The molecule has 2 aliphatic rings. The number of primary sulfonamides is 1. The topological polar surface area (TPSA) is 118 Å². The van der Waals surface area contributed by atoms with E-state index in [0.29, 0.717) is 36.3 Å². The molecule has 8 nitrogen and oxygen atoms in total. The summed E-state index contributed by atoms with van der Waals surface area (Å²) in [5.41, 5.74) is 1.75. The van der Waals surface area contributed by atoms with Crippen molar-refractivity contribution in [3.8, 4) is 0 Å². The predicted molar refractivity (Wildman–Crippen MR) is 109 cm³/mol. The van der Waals surface area contributed by atoms with Crippen LogP contribution in [0.1, 0.15) is 25.3 Å². The maximum absolute atomic E-state index is 13.3. The zero-order valence-electron chi connectivity index (χ0n) is 15.8. The van der Waals surface area contributed by atoms with E-state index in [1.165, 1.54) is 34.6 Å². The second-order valence-electron chi connectivity index (χ2n) is 7.33. The molecule has 10 heteroatoms. The molecule has 0 radical (unpaired) electrons. The van der Waals surface area contributed by atoms with E-state index in [1.807, 2.05) is 0 Å². The number of nitrogens with two attached hydrogens (primary N) is 1. The Morgan fingerprint density at radius 3 is 2.24 bits per heavy atom. The Balaban J connectivity index is 1.69. The minimum Gasteiger partial charge on any atom is -0.312 e. The fraction of sp³-hybridized carbons (Fsp3) is 0.316. The molecule has 0 bridgehead atoms. The number of hydrogen-bond acceptors (Lipinski definition) is 5. The number of anilines is 2. The van der Waals surface area contributed by atoms with E-state index in [2.05, 4.69) is 0 Å². The van der Waals surface area contributed by atoms with Crippen molar-refractivity contribution in [3.05, 3.63) is 48.0 Å². The van der Waals surface area contributed by atoms with E-state index < -0.39 is 20.0 Å². The van der Waals surface area contributed by atoms with Crippen LogP contribution in [-0.4, -0.2) is 35.3 Å². The highest BCUT2D eigenvalue weighted by atomic mass is 32.2. The number of benzene rings is 2. The Morgan fingerprint density at radius 2 is 1.66 bits per heavy atom. The molecule has 0 aliphatic carbocycles. The van der Waals surface area contributed by atoms with Gasteiger partial charge in [0.25, 0.3) is 10.0 Å².